The third-order valence-electron chi connectivity index (χ3n) is 6.49. The molecule has 0 spiro atoms. The van der Waals surface area contributed by atoms with Crippen LogP contribution in [0.3, 0.4) is 0 Å². The van der Waals surface area contributed by atoms with Crippen molar-refractivity contribution in [3.05, 3.63) is 137 Å². The van der Waals surface area contributed by atoms with Gasteiger partial charge in [-0.2, -0.15) is 8.42 Å². The van der Waals surface area contributed by atoms with Crippen LogP contribution in [0.2, 0.25) is 0 Å². The first kappa shape index (κ1) is 33.5. The van der Waals surface area contributed by atoms with Gasteiger partial charge in [-0.3, -0.25) is 33.5 Å². The standard InChI is InChI=1S/C15H10ClNO4S.C15H11NO2.ClHO3S/c16-22(20,21)11-7-5-10(6-8-11)9-17-14(18)12-3-1-2-4-13(12)15(17)19;17-14-12-8-4-5-9-13(12)15(18)16(14)10-11-6-2-1-3-7-11;1-5(2,3)4/h1-8H,9H2;1-9H,10H2;(H,2,3,4). The molecular weight excluding hydrogens is 667 g/mol. The summed E-state index contributed by atoms with van der Waals surface area (Å²) in [7, 11) is 1.32. The summed E-state index contributed by atoms with van der Waals surface area (Å²) in [5, 5.41) is 0. The average Bonchev–Trinajstić information content (AvgIpc) is 3.38. The summed E-state index contributed by atoms with van der Waals surface area (Å²) >= 11 is 0. The molecule has 232 valence electrons. The highest BCUT2D eigenvalue weighted by atomic mass is 35.7. The van der Waals surface area contributed by atoms with E-state index >= 15 is 0 Å². The number of carbonyl (C=O) groups excluding carboxylic acids is 4. The molecular formula is C30H22Cl2N2O9S2. The Kier molecular flexibility index (Phi) is 10.2. The lowest BCUT2D eigenvalue weighted by Crippen LogP contribution is -2.29. The van der Waals surface area contributed by atoms with E-state index in [1.807, 2.05) is 30.3 Å². The normalized spacial score (nSPS) is 13.8. The first-order valence-corrected chi connectivity index (χ1v) is 17.4. The fourth-order valence-corrected chi connectivity index (χ4v) is 5.24. The van der Waals surface area contributed by atoms with Crippen LogP contribution in [-0.4, -0.2) is 54.8 Å². The quantitative estimate of drug-likeness (QED) is 0.174. The van der Waals surface area contributed by atoms with Crippen molar-refractivity contribution in [2.24, 2.45) is 0 Å². The predicted octanol–water partition coefficient (Wildman–Crippen LogP) is 4.92. The van der Waals surface area contributed by atoms with E-state index in [0.717, 1.165) is 10.5 Å². The number of nitrogens with zero attached hydrogens (tertiary/aromatic N) is 2. The average molecular weight is 690 g/mol. The van der Waals surface area contributed by atoms with E-state index in [2.05, 4.69) is 10.7 Å². The maximum absolute atomic E-state index is 12.2. The van der Waals surface area contributed by atoms with Crippen LogP contribution >= 0.6 is 21.4 Å². The molecule has 11 nitrogen and oxygen atoms in total. The molecule has 2 aliphatic heterocycles. The van der Waals surface area contributed by atoms with Crippen LogP contribution in [0.25, 0.3) is 0 Å². The van der Waals surface area contributed by atoms with E-state index in [0.29, 0.717) is 34.4 Å². The first-order valence-electron chi connectivity index (χ1n) is 12.8. The molecule has 0 fully saturated rings. The Morgan fingerprint density at radius 3 is 1.09 bits per heavy atom. The maximum atomic E-state index is 12.2. The van der Waals surface area contributed by atoms with Crippen molar-refractivity contribution >= 4 is 63.4 Å². The SMILES string of the molecule is O=C1c2ccccc2C(=O)N1Cc1ccc(S(=O)(=O)Cl)cc1.O=C1c2ccccc2C(=O)N1Cc1ccccc1.O=S(=O)(O)Cl. The summed E-state index contributed by atoms with van der Waals surface area (Å²) < 4.78 is 47.5. The van der Waals surface area contributed by atoms with Crippen LogP contribution in [0.5, 0.6) is 0 Å². The molecule has 0 aromatic heterocycles. The number of hydrogen-bond donors (Lipinski definition) is 1. The van der Waals surface area contributed by atoms with Gasteiger partial charge in [0.25, 0.3) is 32.7 Å². The molecule has 45 heavy (non-hydrogen) atoms. The molecule has 0 saturated carbocycles. The van der Waals surface area contributed by atoms with Crippen LogP contribution in [0.4, 0.5) is 0 Å². The summed E-state index contributed by atoms with van der Waals surface area (Å²) in [5.74, 6) is -1.12. The minimum Gasteiger partial charge on any atom is -0.273 e. The van der Waals surface area contributed by atoms with Gasteiger partial charge >= 0.3 is 9.33 Å². The number of amides is 4. The molecule has 0 bridgehead atoms. The van der Waals surface area contributed by atoms with Gasteiger partial charge in [-0.25, -0.2) is 8.42 Å². The molecule has 2 heterocycles. The molecule has 2 aliphatic rings. The Hall–Kier alpha value is -4.40. The van der Waals surface area contributed by atoms with Gasteiger partial charge in [-0.05, 0) is 47.5 Å². The van der Waals surface area contributed by atoms with Crippen molar-refractivity contribution in [3.8, 4) is 0 Å². The maximum Gasteiger partial charge on any atom is 0.353 e. The van der Waals surface area contributed by atoms with Gasteiger partial charge in [0.05, 0.1) is 40.2 Å². The Bertz CT molecular complexity index is 1920. The first-order chi connectivity index (χ1) is 21.1. The largest absolute Gasteiger partial charge is 0.353 e. The lowest BCUT2D eigenvalue weighted by Gasteiger charge is -2.13. The molecule has 0 aliphatic carbocycles. The number of imide groups is 2. The lowest BCUT2D eigenvalue weighted by atomic mass is 10.1. The van der Waals surface area contributed by atoms with Crippen LogP contribution in [0, 0.1) is 0 Å². The number of hydrogen-bond acceptors (Lipinski definition) is 8. The molecule has 0 radical (unpaired) electrons. The molecule has 15 heteroatoms. The molecule has 4 amide bonds. The zero-order valence-corrected chi connectivity index (χ0v) is 26.1. The van der Waals surface area contributed by atoms with Crippen LogP contribution < -0.4 is 0 Å². The molecule has 0 saturated heterocycles. The van der Waals surface area contributed by atoms with E-state index in [1.54, 1.807) is 48.5 Å². The van der Waals surface area contributed by atoms with Crippen LogP contribution in [0.15, 0.2) is 108 Å². The van der Waals surface area contributed by atoms with Gasteiger partial charge in [0.1, 0.15) is 0 Å². The third kappa shape index (κ3) is 8.41. The lowest BCUT2D eigenvalue weighted by molar-refractivity contribution is 0.0627. The van der Waals surface area contributed by atoms with Gasteiger partial charge in [0.15, 0.2) is 0 Å². The molecule has 0 atom stereocenters. The Morgan fingerprint density at radius 1 is 0.489 bits per heavy atom. The third-order valence-corrected chi connectivity index (χ3v) is 7.86. The smallest absolute Gasteiger partial charge is 0.273 e. The molecule has 4 aromatic rings. The van der Waals surface area contributed by atoms with Gasteiger partial charge in [0, 0.05) is 21.4 Å². The van der Waals surface area contributed by atoms with Crippen molar-refractivity contribution in [3.63, 3.8) is 0 Å². The van der Waals surface area contributed by atoms with Crippen molar-refractivity contribution in [1.82, 2.24) is 9.80 Å². The number of benzene rings is 4. The van der Waals surface area contributed by atoms with Gasteiger partial charge in [-0.15, -0.1) is 0 Å². The molecule has 4 aromatic carbocycles. The van der Waals surface area contributed by atoms with Crippen molar-refractivity contribution < 1.29 is 40.6 Å². The Morgan fingerprint density at radius 2 is 0.778 bits per heavy atom. The van der Waals surface area contributed by atoms with E-state index in [1.165, 1.54) is 29.2 Å². The van der Waals surface area contributed by atoms with E-state index in [9.17, 15) is 27.6 Å². The zero-order chi connectivity index (χ0) is 32.9. The number of carbonyl (C=O) groups is 4. The van der Waals surface area contributed by atoms with E-state index in [4.69, 9.17) is 23.7 Å². The van der Waals surface area contributed by atoms with Crippen molar-refractivity contribution in [1.29, 1.82) is 0 Å². The summed E-state index contributed by atoms with van der Waals surface area (Å²) in [6.45, 7) is 0.405. The minimum absolute atomic E-state index is 0.0275. The zero-order valence-electron chi connectivity index (χ0n) is 22.9. The van der Waals surface area contributed by atoms with Crippen LogP contribution in [0.1, 0.15) is 52.6 Å². The van der Waals surface area contributed by atoms with Gasteiger partial charge < -0.3 is 0 Å². The van der Waals surface area contributed by atoms with Crippen molar-refractivity contribution in [2.75, 3.05) is 0 Å². The highest BCUT2D eigenvalue weighted by Gasteiger charge is 2.36. The van der Waals surface area contributed by atoms with Crippen LogP contribution in [-0.2, 0) is 31.5 Å². The monoisotopic (exact) mass is 688 g/mol. The predicted molar refractivity (Wildman–Crippen MR) is 165 cm³/mol. The Balaban J connectivity index is 0.000000181. The van der Waals surface area contributed by atoms with E-state index in [-0.39, 0.29) is 35.1 Å². The molecule has 0 unspecified atom stereocenters. The number of rotatable bonds is 5. The second kappa shape index (κ2) is 13.7. The summed E-state index contributed by atoms with van der Waals surface area (Å²) in [6.07, 6.45) is 0. The highest BCUT2D eigenvalue weighted by Crippen LogP contribution is 2.26. The number of fused-ring (bicyclic) bond motifs is 2. The fourth-order valence-electron chi connectivity index (χ4n) is 4.47. The molecule has 1 N–H and O–H groups in total. The summed E-state index contributed by atoms with van der Waals surface area (Å²) in [4.78, 5) is 51.1. The summed E-state index contributed by atoms with van der Waals surface area (Å²) in [5.41, 5.74) is 3.35. The fraction of sp³-hybridized carbons (Fsp3) is 0.0667. The minimum atomic E-state index is -4.19. The van der Waals surface area contributed by atoms with Gasteiger partial charge in [-0.1, -0.05) is 66.7 Å². The molecule has 6 rings (SSSR count). The Labute approximate surface area is 267 Å². The topological polar surface area (TPSA) is 163 Å². The second-order valence-electron chi connectivity index (χ2n) is 9.46. The van der Waals surface area contributed by atoms with Crippen molar-refractivity contribution in [2.45, 2.75) is 18.0 Å². The van der Waals surface area contributed by atoms with Gasteiger partial charge in [0.2, 0.25) is 0 Å². The highest BCUT2D eigenvalue weighted by molar-refractivity contribution is 8.13. The number of halogens is 2. The second-order valence-corrected chi connectivity index (χ2v) is 14.0. The van der Waals surface area contributed by atoms with E-state index < -0.39 is 18.4 Å². The summed E-state index contributed by atoms with van der Waals surface area (Å²) in [6, 6.07) is 28.8.